The van der Waals surface area contributed by atoms with E-state index in [9.17, 15) is 0 Å². The first-order chi connectivity index (χ1) is 6.65. The van der Waals surface area contributed by atoms with Gasteiger partial charge in [0.1, 0.15) is 12.4 Å². The van der Waals surface area contributed by atoms with Crippen LogP contribution in [0.5, 0.6) is 5.75 Å². The number of methoxy groups -OCH3 is 1. The summed E-state index contributed by atoms with van der Waals surface area (Å²) in [5.74, 6) is 0.910. The van der Waals surface area contributed by atoms with E-state index >= 15 is 0 Å². The van der Waals surface area contributed by atoms with Crippen molar-refractivity contribution in [3.8, 4) is 5.75 Å². The van der Waals surface area contributed by atoms with Crippen molar-refractivity contribution in [3.63, 3.8) is 0 Å². The lowest BCUT2D eigenvalue weighted by Gasteiger charge is -2.11. The molecule has 1 aromatic rings. The van der Waals surface area contributed by atoms with Gasteiger partial charge >= 0.3 is 0 Å². The smallest absolute Gasteiger partial charge is 0.136 e. The van der Waals surface area contributed by atoms with E-state index in [4.69, 9.17) is 9.47 Å². The second kappa shape index (κ2) is 5.37. The van der Waals surface area contributed by atoms with Gasteiger partial charge in [0.25, 0.3) is 0 Å². The molecule has 0 atom stereocenters. The molecule has 1 rings (SSSR count). The molecule has 0 fully saturated rings. The third kappa shape index (κ3) is 3.00. The summed E-state index contributed by atoms with van der Waals surface area (Å²) >= 11 is 3.48. The molecule has 0 N–H and O–H groups in total. The average molecular weight is 259 g/mol. The fraction of sp³-hybridized carbons (Fsp3) is 0.455. The highest BCUT2D eigenvalue weighted by molar-refractivity contribution is 9.10. The molecule has 0 aliphatic carbocycles. The van der Waals surface area contributed by atoms with E-state index in [-0.39, 0.29) is 0 Å². The first-order valence-corrected chi connectivity index (χ1v) is 5.33. The van der Waals surface area contributed by atoms with E-state index in [0.29, 0.717) is 13.2 Å². The minimum atomic E-state index is 0.582. The Labute approximate surface area is 93.4 Å². The van der Waals surface area contributed by atoms with Crippen molar-refractivity contribution in [1.29, 1.82) is 0 Å². The molecule has 0 unspecified atom stereocenters. The van der Waals surface area contributed by atoms with Crippen LogP contribution in [0.25, 0.3) is 0 Å². The zero-order valence-corrected chi connectivity index (χ0v) is 10.3. The van der Waals surface area contributed by atoms with Gasteiger partial charge in [0.15, 0.2) is 0 Å². The van der Waals surface area contributed by atoms with E-state index in [1.165, 1.54) is 5.56 Å². The van der Waals surface area contributed by atoms with Crippen molar-refractivity contribution in [1.82, 2.24) is 0 Å². The Bertz CT molecular complexity index is 287. The van der Waals surface area contributed by atoms with Crippen LogP contribution in [0.4, 0.5) is 0 Å². The topological polar surface area (TPSA) is 18.5 Å². The molecule has 0 aliphatic heterocycles. The minimum absolute atomic E-state index is 0.582. The van der Waals surface area contributed by atoms with E-state index in [1.807, 2.05) is 6.92 Å². The molecule has 0 aromatic heterocycles. The molecule has 3 heteroatoms. The van der Waals surface area contributed by atoms with Gasteiger partial charge in [0.2, 0.25) is 0 Å². The largest absolute Gasteiger partial charge is 0.490 e. The van der Waals surface area contributed by atoms with Gasteiger partial charge in [-0.2, -0.15) is 0 Å². The summed E-state index contributed by atoms with van der Waals surface area (Å²) in [7, 11) is 1.67. The Morgan fingerprint density at radius 2 is 1.93 bits per heavy atom. The minimum Gasteiger partial charge on any atom is -0.490 e. The molecular formula is C11H15BrO2. The molecule has 0 saturated heterocycles. The highest BCUT2D eigenvalue weighted by Gasteiger charge is 2.05. The van der Waals surface area contributed by atoms with Gasteiger partial charge in [-0.25, -0.2) is 0 Å². The third-order valence-electron chi connectivity index (χ3n) is 1.91. The van der Waals surface area contributed by atoms with Crippen LogP contribution < -0.4 is 4.74 Å². The number of ether oxygens (including phenoxy) is 2. The normalized spacial score (nSPS) is 10.3. The second-order valence-electron chi connectivity index (χ2n) is 3.23. The Hall–Kier alpha value is -0.540. The van der Waals surface area contributed by atoms with E-state index in [2.05, 4.69) is 35.0 Å². The van der Waals surface area contributed by atoms with Gasteiger partial charge < -0.3 is 9.47 Å². The fourth-order valence-corrected chi connectivity index (χ4v) is 2.10. The van der Waals surface area contributed by atoms with Crippen LogP contribution in [0.3, 0.4) is 0 Å². The monoisotopic (exact) mass is 258 g/mol. The molecule has 0 bridgehead atoms. The molecule has 1 aromatic carbocycles. The van der Waals surface area contributed by atoms with Crippen molar-refractivity contribution in [2.75, 3.05) is 20.3 Å². The lowest BCUT2D eigenvalue weighted by molar-refractivity contribution is 0.145. The summed E-state index contributed by atoms with van der Waals surface area (Å²) in [4.78, 5) is 0. The van der Waals surface area contributed by atoms with Crippen LogP contribution in [-0.4, -0.2) is 20.3 Å². The van der Waals surface area contributed by atoms with Crippen molar-refractivity contribution >= 4 is 15.9 Å². The Morgan fingerprint density at radius 3 is 2.50 bits per heavy atom. The zero-order valence-electron chi connectivity index (χ0n) is 8.76. The van der Waals surface area contributed by atoms with Crippen molar-refractivity contribution in [3.05, 3.63) is 27.7 Å². The molecule has 14 heavy (non-hydrogen) atoms. The van der Waals surface area contributed by atoms with Crippen LogP contribution >= 0.6 is 15.9 Å². The summed E-state index contributed by atoms with van der Waals surface area (Å²) in [6.07, 6.45) is 0. The van der Waals surface area contributed by atoms with Gasteiger partial charge in [-0.05, 0) is 47.0 Å². The maximum absolute atomic E-state index is 5.59. The zero-order chi connectivity index (χ0) is 10.6. The van der Waals surface area contributed by atoms with Crippen LogP contribution in [0.15, 0.2) is 16.6 Å². The van der Waals surface area contributed by atoms with Gasteiger partial charge in [0.05, 0.1) is 11.1 Å². The molecule has 0 saturated carbocycles. The third-order valence-corrected chi connectivity index (χ3v) is 2.50. The number of aryl methyl sites for hydroxylation is 2. The predicted octanol–water partition coefficient (Wildman–Crippen LogP) is 3.09. The number of hydrogen-bond donors (Lipinski definition) is 0. The van der Waals surface area contributed by atoms with Crippen LogP contribution in [0.1, 0.15) is 11.1 Å². The standard InChI is InChI=1S/C11H15BrO2/c1-8-6-9(2)11(10(12)7-8)14-5-4-13-3/h6-7H,4-5H2,1-3H3. The molecule has 0 aliphatic rings. The first-order valence-electron chi connectivity index (χ1n) is 4.53. The summed E-state index contributed by atoms with van der Waals surface area (Å²) in [5.41, 5.74) is 2.38. The van der Waals surface area contributed by atoms with Gasteiger partial charge in [-0.1, -0.05) is 6.07 Å². The lowest BCUT2D eigenvalue weighted by atomic mass is 10.1. The molecule has 0 radical (unpaired) electrons. The van der Waals surface area contributed by atoms with Gasteiger partial charge in [-0.15, -0.1) is 0 Å². The maximum atomic E-state index is 5.59. The Morgan fingerprint density at radius 1 is 1.21 bits per heavy atom. The van der Waals surface area contributed by atoms with E-state index in [1.54, 1.807) is 7.11 Å². The molecule has 2 nitrogen and oxygen atoms in total. The van der Waals surface area contributed by atoms with Crippen molar-refractivity contribution < 1.29 is 9.47 Å². The predicted molar refractivity (Wildman–Crippen MR) is 61.0 cm³/mol. The fourth-order valence-electron chi connectivity index (χ4n) is 1.31. The lowest BCUT2D eigenvalue weighted by Crippen LogP contribution is -2.05. The molecule has 78 valence electrons. The molecular weight excluding hydrogens is 244 g/mol. The van der Waals surface area contributed by atoms with Crippen molar-refractivity contribution in [2.45, 2.75) is 13.8 Å². The average Bonchev–Trinajstić information content (AvgIpc) is 2.09. The summed E-state index contributed by atoms with van der Waals surface area (Å²) < 4.78 is 11.5. The molecule has 0 spiro atoms. The number of benzene rings is 1. The quantitative estimate of drug-likeness (QED) is 0.773. The number of hydrogen-bond acceptors (Lipinski definition) is 2. The van der Waals surface area contributed by atoms with E-state index in [0.717, 1.165) is 15.8 Å². The maximum Gasteiger partial charge on any atom is 0.136 e. The second-order valence-corrected chi connectivity index (χ2v) is 4.09. The Balaban J connectivity index is 2.75. The molecule has 0 amide bonds. The summed E-state index contributed by atoms with van der Waals surface area (Å²) in [5, 5.41) is 0. The highest BCUT2D eigenvalue weighted by atomic mass is 79.9. The van der Waals surface area contributed by atoms with Gasteiger partial charge in [0, 0.05) is 7.11 Å². The van der Waals surface area contributed by atoms with Crippen LogP contribution in [0, 0.1) is 13.8 Å². The summed E-state index contributed by atoms with van der Waals surface area (Å²) in [6.45, 7) is 5.30. The molecule has 0 heterocycles. The first kappa shape index (κ1) is 11.5. The van der Waals surface area contributed by atoms with Crippen molar-refractivity contribution in [2.24, 2.45) is 0 Å². The number of rotatable bonds is 4. The Kier molecular flexibility index (Phi) is 4.42. The summed E-state index contributed by atoms with van der Waals surface area (Å²) in [6, 6.07) is 4.15. The van der Waals surface area contributed by atoms with Crippen LogP contribution in [0.2, 0.25) is 0 Å². The number of halogens is 1. The highest BCUT2D eigenvalue weighted by Crippen LogP contribution is 2.29. The van der Waals surface area contributed by atoms with E-state index < -0.39 is 0 Å². The SMILES string of the molecule is COCCOc1c(C)cc(C)cc1Br. The van der Waals surface area contributed by atoms with Crippen LogP contribution in [-0.2, 0) is 4.74 Å². The van der Waals surface area contributed by atoms with Gasteiger partial charge in [-0.3, -0.25) is 0 Å².